The lowest BCUT2D eigenvalue weighted by Gasteiger charge is -2.33. The Morgan fingerprint density at radius 3 is 2.68 bits per heavy atom. The van der Waals surface area contributed by atoms with Gasteiger partial charge in [0, 0.05) is 12.6 Å². The molecular weight excluding hydrogens is 238 g/mol. The van der Waals surface area contributed by atoms with Gasteiger partial charge in [0.05, 0.1) is 12.3 Å². The van der Waals surface area contributed by atoms with Crippen LogP contribution in [0.3, 0.4) is 0 Å². The second-order valence-corrected chi connectivity index (χ2v) is 5.61. The molecule has 1 fully saturated rings. The molecule has 1 aliphatic rings. The van der Waals surface area contributed by atoms with Crippen molar-refractivity contribution in [3.63, 3.8) is 0 Å². The Kier molecular flexibility index (Phi) is 5.43. The lowest BCUT2D eigenvalue weighted by atomic mass is 10.0. The SMILES string of the molecule is CCN1CCC(NCC(c2ccco2)N(C)C)CC1. The third-order valence-corrected chi connectivity index (χ3v) is 4.13. The maximum Gasteiger partial charge on any atom is 0.122 e. The summed E-state index contributed by atoms with van der Waals surface area (Å²) in [6.45, 7) is 6.83. The van der Waals surface area contributed by atoms with E-state index in [0.717, 1.165) is 12.3 Å². The quantitative estimate of drug-likeness (QED) is 0.852. The maximum absolute atomic E-state index is 5.54. The lowest BCUT2D eigenvalue weighted by Crippen LogP contribution is -2.44. The Balaban J connectivity index is 1.80. The van der Waals surface area contributed by atoms with Crippen LogP contribution in [0.25, 0.3) is 0 Å². The minimum absolute atomic E-state index is 0.319. The highest BCUT2D eigenvalue weighted by Crippen LogP contribution is 2.18. The van der Waals surface area contributed by atoms with E-state index in [1.54, 1.807) is 6.26 Å². The number of rotatable bonds is 6. The molecule has 1 aromatic rings. The number of nitrogens with one attached hydrogen (secondary N) is 1. The molecule has 2 heterocycles. The van der Waals surface area contributed by atoms with Gasteiger partial charge in [0.1, 0.15) is 5.76 Å². The third-order valence-electron chi connectivity index (χ3n) is 4.13. The van der Waals surface area contributed by atoms with E-state index in [9.17, 15) is 0 Å². The first-order valence-electron chi connectivity index (χ1n) is 7.36. The molecule has 1 saturated heterocycles. The number of likely N-dealkylation sites (tertiary alicyclic amines) is 1. The van der Waals surface area contributed by atoms with E-state index >= 15 is 0 Å². The van der Waals surface area contributed by atoms with Crippen LogP contribution in [-0.2, 0) is 0 Å². The average molecular weight is 265 g/mol. The smallest absolute Gasteiger partial charge is 0.122 e. The molecule has 1 atom stereocenters. The molecule has 108 valence electrons. The van der Waals surface area contributed by atoms with Crippen molar-refractivity contribution >= 4 is 0 Å². The Morgan fingerprint density at radius 1 is 1.42 bits per heavy atom. The number of hydrogen-bond donors (Lipinski definition) is 1. The fourth-order valence-corrected chi connectivity index (χ4v) is 2.75. The number of likely N-dealkylation sites (N-methyl/N-ethyl adjacent to an activating group) is 1. The van der Waals surface area contributed by atoms with Gasteiger partial charge in [-0.1, -0.05) is 6.92 Å². The zero-order valence-electron chi connectivity index (χ0n) is 12.4. The van der Waals surface area contributed by atoms with Crippen LogP contribution in [0.1, 0.15) is 31.6 Å². The van der Waals surface area contributed by atoms with Gasteiger partial charge in [-0.2, -0.15) is 0 Å². The summed E-state index contributed by atoms with van der Waals surface area (Å²) in [5.74, 6) is 1.04. The standard InChI is InChI=1S/C15H27N3O/c1-4-18-9-7-13(8-10-18)16-12-14(17(2)3)15-6-5-11-19-15/h5-6,11,13-14,16H,4,7-10,12H2,1-3H3. The normalized spacial score (nSPS) is 20.0. The predicted octanol–water partition coefficient (Wildman–Crippen LogP) is 1.96. The minimum Gasteiger partial charge on any atom is -0.468 e. The van der Waals surface area contributed by atoms with Gasteiger partial charge in [-0.25, -0.2) is 0 Å². The Hall–Kier alpha value is -0.840. The van der Waals surface area contributed by atoms with Crippen molar-refractivity contribution in [2.45, 2.75) is 31.8 Å². The second kappa shape index (κ2) is 7.08. The molecular formula is C15H27N3O. The number of furan rings is 1. The van der Waals surface area contributed by atoms with Crippen LogP contribution in [0.5, 0.6) is 0 Å². The third kappa shape index (κ3) is 4.06. The topological polar surface area (TPSA) is 31.6 Å². The van der Waals surface area contributed by atoms with Gasteiger partial charge >= 0.3 is 0 Å². The summed E-state index contributed by atoms with van der Waals surface area (Å²) in [6.07, 6.45) is 4.27. The van der Waals surface area contributed by atoms with E-state index in [-0.39, 0.29) is 0 Å². The van der Waals surface area contributed by atoms with Crippen LogP contribution < -0.4 is 5.32 Å². The van der Waals surface area contributed by atoms with Crippen molar-refractivity contribution in [3.8, 4) is 0 Å². The lowest BCUT2D eigenvalue weighted by molar-refractivity contribution is 0.189. The van der Waals surface area contributed by atoms with E-state index in [1.807, 2.05) is 6.07 Å². The number of hydrogen-bond acceptors (Lipinski definition) is 4. The zero-order valence-corrected chi connectivity index (χ0v) is 12.4. The monoisotopic (exact) mass is 265 g/mol. The Morgan fingerprint density at radius 2 is 2.16 bits per heavy atom. The molecule has 4 nitrogen and oxygen atoms in total. The van der Waals surface area contributed by atoms with Crippen molar-refractivity contribution in [1.29, 1.82) is 0 Å². The van der Waals surface area contributed by atoms with Crippen LogP contribution in [0.15, 0.2) is 22.8 Å². The predicted molar refractivity (Wildman–Crippen MR) is 78.3 cm³/mol. The molecule has 0 amide bonds. The highest BCUT2D eigenvalue weighted by molar-refractivity contribution is 5.05. The van der Waals surface area contributed by atoms with E-state index in [2.05, 4.69) is 42.2 Å². The fourth-order valence-electron chi connectivity index (χ4n) is 2.75. The van der Waals surface area contributed by atoms with Crippen LogP contribution in [-0.4, -0.2) is 56.1 Å². The molecule has 1 unspecified atom stereocenters. The van der Waals surface area contributed by atoms with Gasteiger partial charge in [-0.3, -0.25) is 4.90 Å². The summed E-state index contributed by atoms with van der Waals surface area (Å²) in [7, 11) is 4.21. The van der Waals surface area contributed by atoms with Crippen LogP contribution in [0.2, 0.25) is 0 Å². The van der Waals surface area contributed by atoms with Crippen LogP contribution in [0, 0.1) is 0 Å². The van der Waals surface area contributed by atoms with Gasteiger partial charge < -0.3 is 14.6 Å². The van der Waals surface area contributed by atoms with Gasteiger partial charge in [-0.15, -0.1) is 0 Å². The van der Waals surface area contributed by atoms with E-state index in [1.165, 1.54) is 32.5 Å². The summed E-state index contributed by atoms with van der Waals surface area (Å²) >= 11 is 0. The van der Waals surface area contributed by atoms with Crippen molar-refractivity contribution in [3.05, 3.63) is 24.2 Å². The van der Waals surface area contributed by atoms with Gasteiger partial charge in [0.2, 0.25) is 0 Å². The van der Waals surface area contributed by atoms with Gasteiger partial charge in [0.15, 0.2) is 0 Å². The van der Waals surface area contributed by atoms with E-state index in [4.69, 9.17) is 4.42 Å². The Labute approximate surface area is 116 Å². The summed E-state index contributed by atoms with van der Waals surface area (Å²) in [6, 6.07) is 5.00. The summed E-state index contributed by atoms with van der Waals surface area (Å²) < 4.78 is 5.54. The first-order chi connectivity index (χ1) is 9.20. The van der Waals surface area contributed by atoms with E-state index in [0.29, 0.717) is 12.1 Å². The number of nitrogens with zero attached hydrogens (tertiary/aromatic N) is 2. The highest BCUT2D eigenvalue weighted by Gasteiger charge is 2.21. The second-order valence-electron chi connectivity index (χ2n) is 5.61. The summed E-state index contributed by atoms with van der Waals surface area (Å²) in [5.41, 5.74) is 0. The largest absolute Gasteiger partial charge is 0.468 e. The molecule has 1 N–H and O–H groups in total. The van der Waals surface area contributed by atoms with Crippen LogP contribution >= 0.6 is 0 Å². The van der Waals surface area contributed by atoms with Crippen molar-refractivity contribution < 1.29 is 4.42 Å². The minimum atomic E-state index is 0.319. The van der Waals surface area contributed by atoms with Gasteiger partial charge in [0.25, 0.3) is 0 Å². The molecule has 1 aliphatic heterocycles. The van der Waals surface area contributed by atoms with Crippen LogP contribution in [0.4, 0.5) is 0 Å². The maximum atomic E-state index is 5.54. The Bertz CT molecular complexity index is 342. The molecule has 0 aromatic carbocycles. The van der Waals surface area contributed by atoms with Crippen molar-refractivity contribution in [2.24, 2.45) is 0 Å². The summed E-state index contributed by atoms with van der Waals surface area (Å²) in [4.78, 5) is 4.74. The molecule has 1 aromatic heterocycles. The first-order valence-corrected chi connectivity index (χ1v) is 7.36. The molecule has 0 aliphatic carbocycles. The molecule has 0 spiro atoms. The van der Waals surface area contributed by atoms with Crippen molar-refractivity contribution in [1.82, 2.24) is 15.1 Å². The molecule has 2 rings (SSSR count). The first kappa shape index (κ1) is 14.6. The van der Waals surface area contributed by atoms with E-state index < -0.39 is 0 Å². The molecule has 4 heteroatoms. The zero-order chi connectivity index (χ0) is 13.7. The fraction of sp³-hybridized carbons (Fsp3) is 0.733. The van der Waals surface area contributed by atoms with Crippen molar-refractivity contribution in [2.75, 3.05) is 40.3 Å². The molecule has 0 radical (unpaired) electrons. The molecule has 0 bridgehead atoms. The summed E-state index contributed by atoms with van der Waals surface area (Å²) in [5, 5.41) is 3.71. The molecule has 0 saturated carbocycles. The average Bonchev–Trinajstić information content (AvgIpc) is 2.93. The highest BCUT2D eigenvalue weighted by atomic mass is 16.3. The van der Waals surface area contributed by atoms with Gasteiger partial charge in [-0.05, 0) is 58.7 Å². The molecule has 19 heavy (non-hydrogen) atoms. The number of piperidine rings is 1.